The Bertz CT molecular complexity index is 142. The summed E-state index contributed by atoms with van der Waals surface area (Å²) in [5.74, 6) is 0.200. The van der Waals surface area contributed by atoms with Gasteiger partial charge in [-0.1, -0.05) is 6.92 Å². The average molecular weight is 156 g/mol. The fourth-order valence-corrected chi connectivity index (χ4v) is 0.754. The summed E-state index contributed by atoms with van der Waals surface area (Å²) in [5, 5.41) is 20.3. The predicted octanol–water partition coefficient (Wildman–Crippen LogP) is 0.505. The lowest BCUT2D eigenvalue weighted by atomic mass is 10.0. The van der Waals surface area contributed by atoms with E-state index in [1.165, 1.54) is 0 Å². The summed E-state index contributed by atoms with van der Waals surface area (Å²) in [5.41, 5.74) is 0. The van der Waals surface area contributed by atoms with Crippen LogP contribution in [0.15, 0.2) is 0 Å². The van der Waals surface area contributed by atoms with Crippen LogP contribution in [0.25, 0.3) is 0 Å². The van der Waals surface area contributed by atoms with Crippen LogP contribution in [0.1, 0.15) is 20.8 Å². The molecule has 0 heterocycles. The van der Waals surface area contributed by atoms with Crippen molar-refractivity contribution in [3.63, 3.8) is 0 Å². The van der Waals surface area contributed by atoms with Gasteiger partial charge < -0.3 is 5.11 Å². The van der Waals surface area contributed by atoms with E-state index in [1.54, 1.807) is 6.92 Å². The molecule has 0 spiro atoms. The molecule has 3 heteroatoms. The van der Waals surface area contributed by atoms with Crippen LogP contribution in [0.2, 0.25) is 0 Å². The van der Waals surface area contributed by atoms with E-state index >= 15 is 0 Å². The Morgan fingerprint density at radius 1 is 1.45 bits per heavy atom. The van der Waals surface area contributed by atoms with Gasteiger partial charge in [-0.2, -0.15) is 5.26 Å². The Hall–Kier alpha value is -0.590. The fraction of sp³-hybridized carbons (Fsp3) is 0.875. The molecule has 0 aromatic rings. The normalized spacial score (nSPS) is 18.5. The summed E-state index contributed by atoms with van der Waals surface area (Å²) in [4.78, 5) is 0. The van der Waals surface area contributed by atoms with Crippen molar-refractivity contribution in [3.05, 3.63) is 0 Å². The zero-order chi connectivity index (χ0) is 8.85. The van der Waals surface area contributed by atoms with Gasteiger partial charge in [-0.05, 0) is 19.8 Å². The van der Waals surface area contributed by atoms with E-state index in [1.807, 2.05) is 13.8 Å². The highest BCUT2D eigenvalue weighted by atomic mass is 16.3. The SMILES string of the molecule is CC(C#N)NC(C)C(C)CO. The molecule has 0 saturated heterocycles. The van der Waals surface area contributed by atoms with Crippen LogP contribution >= 0.6 is 0 Å². The molecule has 0 aromatic heterocycles. The van der Waals surface area contributed by atoms with E-state index in [4.69, 9.17) is 10.4 Å². The number of nitriles is 1. The fourth-order valence-electron chi connectivity index (χ4n) is 0.754. The summed E-state index contributed by atoms with van der Waals surface area (Å²) in [6, 6.07) is 2.13. The molecule has 0 aliphatic rings. The Balaban J connectivity index is 3.69. The first-order valence-electron chi connectivity index (χ1n) is 3.88. The maximum Gasteiger partial charge on any atom is 0.0926 e. The molecule has 64 valence electrons. The second-order valence-electron chi connectivity index (χ2n) is 2.97. The number of nitrogens with one attached hydrogen (secondary N) is 1. The molecule has 0 bridgehead atoms. The molecule has 0 aliphatic carbocycles. The van der Waals surface area contributed by atoms with Gasteiger partial charge in [0.25, 0.3) is 0 Å². The van der Waals surface area contributed by atoms with Crippen LogP contribution in [0.4, 0.5) is 0 Å². The van der Waals surface area contributed by atoms with Gasteiger partial charge in [0.05, 0.1) is 12.1 Å². The minimum absolute atomic E-state index is 0.140. The number of hydrogen-bond donors (Lipinski definition) is 2. The van der Waals surface area contributed by atoms with E-state index in [2.05, 4.69) is 11.4 Å². The molecular weight excluding hydrogens is 140 g/mol. The molecule has 3 nitrogen and oxygen atoms in total. The highest BCUT2D eigenvalue weighted by molar-refractivity contribution is 4.87. The molecule has 3 atom stereocenters. The molecule has 0 radical (unpaired) electrons. The first kappa shape index (κ1) is 10.4. The number of rotatable bonds is 4. The molecular formula is C8H16N2O. The van der Waals surface area contributed by atoms with Gasteiger partial charge in [-0.3, -0.25) is 5.32 Å². The average Bonchev–Trinajstić information content (AvgIpc) is 2.02. The van der Waals surface area contributed by atoms with E-state index < -0.39 is 0 Å². The minimum Gasteiger partial charge on any atom is -0.396 e. The number of aliphatic hydroxyl groups excluding tert-OH is 1. The van der Waals surface area contributed by atoms with Crippen molar-refractivity contribution in [3.8, 4) is 6.07 Å². The Morgan fingerprint density at radius 2 is 2.00 bits per heavy atom. The van der Waals surface area contributed by atoms with Crippen LogP contribution in [0.5, 0.6) is 0 Å². The Kier molecular flexibility index (Phi) is 4.84. The lowest BCUT2D eigenvalue weighted by Crippen LogP contribution is -2.39. The van der Waals surface area contributed by atoms with Gasteiger partial charge in [-0.25, -0.2) is 0 Å². The van der Waals surface area contributed by atoms with Gasteiger partial charge in [-0.15, -0.1) is 0 Å². The zero-order valence-corrected chi connectivity index (χ0v) is 7.33. The largest absolute Gasteiger partial charge is 0.396 e. The Labute approximate surface area is 68.0 Å². The lowest BCUT2D eigenvalue weighted by molar-refractivity contribution is 0.205. The first-order chi connectivity index (χ1) is 5.11. The third-order valence-electron chi connectivity index (χ3n) is 1.85. The van der Waals surface area contributed by atoms with Crippen LogP contribution in [0.3, 0.4) is 0 Å². The molecule has 0 fully saturated rings. The summed E-state index contributed by atoms with van der Waals surface area (Å²) < 4.78 is 0. The van der Waals surface area contributed by atoms with E-state index in [0.717, 1.165) is 0 Å². The van der Waals surface area contributed by atoms with Crippen molar-refractivity contribution in [2.45, 2.75) is 32.9 Å². The van der Waals surface area contributed by atoms with Crippen LogP contribution in [0, 0.1) is 17.2 Å². The van der Waals surface area contributed by atoms with Gasteiger partial charge in [0.2, 0.25) is 0 Å². The van der Waals surface area contributed by atoms with Crippen LogP contribution in [-0.4, -0.2) is 23.8 Å². The van der Waals surface area contributed by atoms with E-state index in [-0.39, 0.29) is 24.6 Å². The van der Waals surface area contributed by atoms with Gasteiger partial charge in [0.1, 0.15) is 0 Å². The minimum atomic E-state index is -0.140. The molecule has 0 aromatic carbocycles. The zero-order valence-electron chi connectivity index (χ0n) is 7.33. The van der Waals surface area contributed by atoms with Crippen molar-refractivity contribution in [1.82, 2.24) is 5.32 Å². The molecule has 0 amide bonds. The molecule has 0 aliphatic heterocycles. The lowest BCUT2D eigenvalue weighted by Gasteiger charge is -2.20. The highest BCUT2D eigenvalue weighted by Crippen LogP contribution is 2.01. The smallest absolute Gasteiger partial charge is 0.0926 e. The number of nitrogens with zero attached hydrogens (tertiary/aromatic N) is 1. The van der Waals surface area contributed by atoms with Crippen molar-refractivity contribution in [1.29, 1.82) is 5.26 Å². The molecule has 0 saturated carbocycles. The van der Waals surface area contributed by atoms with Gasteiger partial charge >= 0.3 is 0 Å². The van der Waals surface area contributed by atoms with Crippen molar-refractivity contribution in [2.75, 3.05) is 6.61 Å². The number of aliphatic hydroxyl groups is 1. The Morgan fingerprint density at radius 3 is 2.36 bits per heavy atom. The number of hydrogen-bond acceptors (Lipinski definition) is 3. The van der Waals surface area contributed by atoms with Crippen molar-refractivity contribution < 1.29 is 5.11 Å². The highest BCUT2D eigenvalue weighted by Gasteiger charge is 2.12. The summed E-state index contributed by atoms with van der Waals surface area (Å²) in [6.45, 7) is 5.88. The summed E-state index contributed by atoms with van der Waals surface area (Å²) >= 11 is 0. The van der Waals surface area contributed by atoms with Gasteiger partial charge in [0, 0.05) is 12.6 Å². The molecule has 3 unspecified atom stereocenters. The maximum absolute atomic E-state index is 8.77. The van der Waals surface area contributed by atoms with E-state index in [0.29, 0.717) is 0 Å². The topological polar surface area (TPSA) is 56.0 Å². The third kappa shape index (κ3) is 3.97. The quantitative estimate of drug-likeness (QED) is 0.623. The third-order valence-corrected chi connectivity index (χ3v) is 1.85. The molecule has 2 N–H and O–H groups in total. The second kappa shape index (κ2) is 5.11. The van der Waals surface area contributed by atoms with Crippen molar-refractivity contribution >= 4 is 0 Å². The van der Waals surface area contributed by atoms with Crippen LogP contribution < -0.4 is 5.32 Å². The molecule has 0 rings (SSSR count). The standard InChI is InChI=1S/C8H16N2O/c1-6(5-11)8(3)10-7(2)4-9/h6-8,10-11H,5H2,1-3H3. The van der Waals surface area contributed by atoms with Crippen LogP contribution in [-0.2, 0) is 0 Å². The first-order valence-corrected chi connectivity index (χ1v) is 3.88. The molecule has 11 heavy (non-hydrogen) atoms. The van der Waals surface area contributed by atoms with E-state index in [9.17, 15) is 0 Å². The second-order valence-corrected chi connectivity index (χ2v) is 2.97. The predicted molar refractivity (Wildman–Crippen MR) is 43.9 cm³/mol. The maximum atomic E-state index is 8.77. The van der Waals surface area contributed by atoms with Gasteiger partial charge in [0.15, 0.2) is 0 Å². The monoisotopic (exact) mass is 156 g/mol. The summed E-state index contributed by atoms with van der Waals surface area (Å²) in [7, 11) is 0. The van der Waals surface area contributed by atoms with Crippen molar-refractivity contribution in [2.24, 2.45) is 5.92 Å². The summed E-state index contributed by atoms with van der Waals surface area (Å²) in [6.07, 6.45) is 0.